The quantitative estimate of drug-likeness (QED) is 0.538. The molecule has 0 bridgehead atoms. The van der Waals surface area contributed by atoms with E-state index < -0.39 is 0 Å². The van der Waals surface area contributed by atoms with Crippen LogP contribution in [0, 0.1) is 5.41 Å². The SMILES string of the molecule is CC=NC(=N)N/C(=N/CC)Nc1ccccc1. The van der Waals surface area contributed by atoms with Crippen molar-refractivity contribution in [3.8, 4) is 0 Å². The zero-order chi connectivity index (χ0) is 12.5. The maximum atomic E-state index is 7.53. The smallest absolute Gasteiger partial charge is 0.221 e. The van der Waals surface area contributed by atoms with Gasteiger partial charge in [0.1, 0.15) is 0 Å². The third kappa shape index (κ3) is 4.92. The lowest BCUT2D eigenvalue weighted by Crippen LogP contribution is -2.34. The summed E-state index contributed by atoms with van der Waals surface area (Å²) >= 11 is 0. The Morgan fingerprint density at radius 2 is 2.06 bits per heavy atom. The molecule has 0 spiro atoms. The van der Waals surface area contributed by atoms with Crippen LogP contribution in [0.15, 0.2) is 40.3 Å². The summed E-state index contributed by atoms with van der Waals surface area (Å²) in [5.74, 6) is 0.581. The molecule has 17 heavy (non-hydrogen) atoms. The largest absolute Gasteiger partial charge is 0.326 e. The van der Waals surface area contributed by atoms with Crippen LogP contribution in [-0.2, 0) is 0 Å². The van der Waals surface area contributed by atoms with Crippen LogP contribution in [0.5, 0.6) is 0 Å². The second-order valence-corrected chi connectivity index (χ2v) is 3.17. The van der Waals surface area contributed by atoms with Gasteiger partial charge in [0.2, 0.25) is 11.9 Å². The third-order valence-corrected chi connectivity index (χ3v) is 1.85. The highest BCUT2D eigenvalue weighted by molar-refractivity contribution is 6.05. The molecular weight excluding hydrogens is 214 g/mol. The van der Waals surface area contributed by atoms with Crippen molar-refractivity contribution in [1.82, 2.24) is 5.32 Å². The molecule has 0 radical (unpaired) electrons. The Bertz CT molecular complexity index is 408. The number of nitrogens with one attached hydrogen (secondary N) is 3. The van der Waals surface area contributed by atoms with E-state index in [1.807, 2.05) is 37.3 Å². The summed E-state index contributed by atoms with van der Waals surface area (Å²) in [6, 6.07) is 9.67. The first-order chi connectivity index (χ1) is 8.26. The van der Waals surface area contributed by atoms with E-state index in [0.717, 1.165) is 5.69 Å². The van der Waals surface area contributed by atoms with Crippen LogP contribution in [0.3, 0.4) is 0 Å². The molecule has 1 aromatic rings. The normalized spacial score (nSPS) is 11.5. The van der Waals surface area contributed by atoms with E-state index in [1.54, 1.807) is 13.1 Å². The Morgan fingerprint density at radius 3 is 2.65 bits per heavy atom. The van der Waals surface area contributed by atoms with Crippen LogP contribution in [0.4, 0.5) is 5.69 Å². The molecule has 0 aliphatic rings. The lowest BCUT2D eigenvalue weighted by molar-refractivity contribution is 1.09. The number of hydrogen-bond donors (Lipinski definition) is 3. The van der Waals surface area contributed by atoms with Gasteiger partial charge in [-0.2, -0.15) is 0 Å². The topological polar surface area (TPSA) is 72.6 Å². The molecule has 0 saturated heterocycles. The highest BCUT2D eigenvalue weighted by Gasteiger charge is 2.00. The Kier molecular flexibility index (Phi) is 5.43. The minimum atomic E-state index is 0.0585. The molecule has 0 fully saturated rings. The number of guanidine groups is 2. The number of aliphatic imine (C=N–C) groups is 2. The van der Waals surface area contributed by atoms with Gasteiger partial charge in [-0.3, -0.25) is 15.7 Å². The van der Waals surface area contributed by atoms with E-state index in [-0.39, 0.29) is 5.96 Å². The van der Waals surface area contributed by atoms with Crippen molar-refractivity contribution in [1.29, 1.82) is 5.41 Å². The molecule has 0 atom stereocenters. The monoisotopic (exact) mass is 231 g/mol. The number of anilines is 1. The molecule has 0 aliphatic carbocycles. The van der Waals surface area contributed by atoms with Crippen molar-refractivity contribution in [2.75, 3.05) is 11.9 Å². The molecule has 3 N–H and O–H groups in total. The molecule has 1 rings (SSSR count). The Hall–Kier alpha value is -2.17. The second kappa shape index (κ2) is 7.16. The van der Waals surface area contributed by atoms with E-state index in [1.165, 1.54) is 0 Å². The number of nitrogens with zero attached hydrogens (tertiary/aromatic N) is 2. The van der Waals surface area contributed by atoms with Gasteiger partial charge in [-0.15, -0.1) is 0 Å². The van der Waals surface area contributed by atoms with E-state index in [4.69, 9.17) is 5.41 Å². The zero-order valence-electron chi connectivity index (χ0n) is 10.1. The van der Waals surface area contributed by atoms with Gasteiger partial charge >= 0.3 is 0 Å². The van der Waals surface area contributed by atoms with E-state index in [0.29, 0.717) is 12.5 Å². The maximum Gasteiger partial charge on any atom is 0.221 e. The first kappa shape index (κ1) is 12.9. The first-order valence-electron chi connectivity index (χ1n) is 5.47. The molecule has 0 amide bonds. The third-order valence-electron chi connectivity index (χ3n) is 1.85. The van der Waals surface area contributed by atoms with Gasteiger partial charge in [0.25, 0.3) is 0 Å². The summed E-state index contributed by atoms with van der Waals surface area (Å²) in [7, 11) is 0. The average molecular weight is 231 g/mol. The van der Waals surface area contributed by atoms with Gasteiger partial charge in [0.05, 0.1) is 0 Å². The molecule has 5 nitrogen and oxygen atoms in total. The fraction of sp³-hybridized carbons (Fsp3) is 0.250. The van der Waals surface area contributed by atoms with Gasteiger partial charge in [0, 0.05) is 18.4 Å². The molecule has 5 heteroatoms. The highest BCUT2D eigenvalue weighted by Crippen LogP contribution is 2.04. The summed E-state index contributed by atoms with van der Waals surface area (Å²) in [4.78, 5) is 8.04. The van der Waals surface area contributed by atoms with Crippen molar-refractivity contribution < 1.29 is 0 Å². The van der Waals surface area contributed by atoms with Gasteiger partial charge in [-0.25, -0.2) is 4.99 Å². The zero-order valence-corrected chi connectivity index (χ0v) is 10.1. The van der Waals surface area contributed by atoms with Gasteiger partial charge < -0.3 is 5.32 Å². The summed E-state index contributed by atoms with van der Waals surface area (Å²) in [6.07, 6.45) is 1.56. The molecular formula is C12H17N5. The molecule has 0 unspecified atom stereocenters. The molecule has 0 heterocycles. The van der Waals surface area contributed by atoms with Crippen LogP contribution in [0.2, 0.25) is 0 Å². The summed E-state index contributed by atoms with van der Waals surface area (Å²) in [5.41, 5.74) is 0.917. The molecule has 90 valence electrons. The summed E-state index contributed by atoms with van der Waals surface area (Å²) in [5, 5.41) is 13.4. The lowest BCUT2D eigenvalue weighted by atomic mass is 10.3. The van der Waals surface area contributed by atoms with Gasteiger partial charge in [-0.05, 0) is 26.0 Å². The Labute approximate surface area is 101 Å². The fourth-order valence-corrected chi connectivity index (χ4v) is 1.20. The van der Waals surface area contributed by atoms with E-state index >= 15 is 0 Å². The van der Waals surface area contributed by atoms with Crippen LogP contribution in [0.25, 0.3) is 0 Å². The van der Waals surface area contributed by atoms with Crippen molar-refractivity contribution in [3.63, 3.8) is 0 Å². The Morgan fingerprint density at radius 1 is 1.35 bits per heavy atom. The highest BCUT2D eigenvalue weighted by atomic mass is 15.2. The minimum absolute atomic E-state index is 0.0585. The van der Waals surface area contributed by atoms with Crippen LogP contribution < -0.4 is 10.6 Å². The summed E-state index contributed by atoms with van der Waals surface area (Å²) < 4.78 is 0. The minimum Gasteiger partial charge on any atom is -0.326 e. The van der Waals surface area contributed by atoms with Gasteiger partial charge in [0.15, 0.2) is 0 Å². The van der Waals surface area contributed by atoms with Crippen molar-refractivity contribution in [2.45, 2.75) is 13.8 Å². The predicted octanol–water partition coefficient (Wildman–Crippen LogP) is 2.09. The predicted molar refractivity (Wildman–Crippen MR) is 73.1 cm³/mol. The second-order valence-electron chi connectivity index (χ2n) is 3.17. The Balaban J connectivity index is 2.68. The molecule has 0 aromatic heterocycles. The van der Waals surface area contributed by atoms with Crippen molar-refractivity contribution >= 4 is 23.8 Å². The van der Waals surface area contributed by atoms with Crippen LogP contribution in [-0.4, -0.2) is 24.7 Å². The molecule has 0 saturated carbocycles. The molecule has 1 aromatic carbocycles. The average Bonchev–Trinajstić information content (AvgIpc) is 2.31. The van der Waals surface area contributed by atoms with Gasteiger partial charge in [-0.1, -0.05) is 18.2 Å². The van der Waals surface area contributed by atoms with Crippen LogP contribution >= 0.6 is 0 Å². The van der Waals surface area contributed by atoms with Crippen molar-refractivity contribution in [2.24, 2.45) is 9.98 Å². The number of rotatable bonds is 2. The standard InChI is InChI=1S/C12H17N5/c1-3-14-11(13)17-12(15-4-2)16-10-8-6-5-7-9-10/h3,5-9H,4H2,1-2H3,(H3,13,15,16,17). The maximum absolute atomic E-state index is 7.53. The molecule has 0 aliphatic heterocycles. The number of hydrogen-bond acceptors (Lipinski definition) is 2. The van der Waals surface area contributed by atoms with E-state index in [2.05, 4.69) is 20.6 Å². The number of benzene rings is 1. The number of para-hydroxylation sites is 1. The van der Waals surface area contributed by atoms with Crippen molar-refractivity contribution in [3.05, 3.63) is 30.3 Å². The fourth-order valence-electron chi connectivity index (χ4n) is 1.20. The lowest BCUT2D eigenvalue weighted by Gasteiger charge is -2.10. The first-order valence-corrected chi connectivity index (χ1v) is 5.47. The van der Waals surface area contributed by atoms with E-state index in [9.17, 15) is 0 Å². The van der Waals surface area contributed by atoms with Crippen LogP contribution in [0.1, 0.15) is 13.8 Å². The summed E-state index contributed by atoms with van der Waals surface area (Å²) in [6.45, 7) is 4.32.